The van der Waals surface area contributed by atoms with Crippen LogP contribution >= 0.6 is 0 Å². The molecule has 1 N–H and O–H groups in total. The molecular formula is C18H29NO3. The first-order valence-corrected chi connectivity index (χ1v) is 8.37. The van der Waals surface area contributed by atoms with Crippen molar-refractivity contribution in [2.24, 2.45) is 11.8 Å². The van der Waals surface area contributed by atoms with Crippen molar-refractivity contribution < 1.29 is 14.0 Å². The average molecular weight is 307 g/mol. The summed E-state index contributed by atoms with van der Waals surface area (Å²) >= 11 is 0. The zero-order chi connectivity index (χ0) is 16.4. The molecule has 0 aromatic carbocycles. The van der Waals surface area contributed by atoms with E-state index in [9.17, 15) is 9.59 Å². The van der Waals surface area contributed by atoms with Gasteiger partial charge in [0.2, 0.25) is 0 Å². The third-order valence-electron chi connectivity index (χ3n) is 4.20. The van der Waals surface area contributed by atoms with Gasteiger partial charge in [0.15, 0.2) is 5.76 Å². The lowest BCUT2D eigenvalue weighted by Crippen LogP contribution is -2.21. The van der Waals surface area contributed by atoms with Crippen molar-refractivity contribution in [1.82, 2.24) is 5.32 Å². The summed E-state index contributed by atoms with van der Waals surface area (Å²) in [5, 5.41) is 2.62. The van der Waals surface area contributed by atoms with Crippen LogP contribution in [0.5, 0.6) is 0 Å². The first-order valence-electron chi connectivity index (χ1n) is 8.37. The summed E-state index contributed by atoms with van der Waals surface area (Å²) in [5.74, 6) is 2.24. The fourth-order valence-corrected chi connectivity index (χ4v) is 2.91. The minimum absolute atomic E-state index is 0.160. The number of hydrogen-bond donors (Lipinski definition) is 1. The Morgan fingerprint density at radius 1 is 1.18 bits per heavy atom. The Morgan fingerprint density at radius 2 is 1.82 bits per heavy atom. The number of hydrogen-bond acceptors (Lipinski definition) is 3. The minimum Gasteiger partial charge on any atom is -0.459 e. The molecule has 1 aromatic rings. The molecule has 0 spiro atoms. The molecule has 0 aliphatic heterocycles. The largest absolute Gasteiger partial charge is 0.459 e. The molecule has 1 saturated carbocycles. The van der Waals surface area contributed by atoms with Gasteiger partial charge in [-0.15, -0.1) is 0 Å². The predicted octanol–water partition coefficient (Wildman–Crippen LogP) is 4.21. The van der Waals surface area contributed by atoms with Gasteiger partial charge in [0.25, 0.3) is 5.91 Å². The van der Waals surface area contributed by atoms with E-state index >= 15 is 0 Å². The number of carbonyl (C=O) groups excluding carboxylic acids is 2. The Morgan fingerprint density at radius 3 is 2.27 bits per heavy atom. The molecule has 22 heavy (non-hydrogen) atoms. The fourth-order valence-electron chi connectivity index (χ4n) is 2.91. The van der Waals surface area contributed by atoms with Crippen LogP contribution in [-0.2, 0) is 4.79 Å². The van der Waals surface area contributed by atoms with Crippen molar-refractivity contribution in [2.75, 3.05) is 6.54 Å². The van der Waals surface area contributed by atoms with Crippen molar-refractivity contribution >= 4 is 11.7 Å². The van der Waals surface area contributed by atoms with Gasteiger partial charge in [-0.1, -0.05) is 26.2 Å². The van der Waals surface area contributed by atoms with Crippen LogP contribution in [0.3, 0.4) is 0 Å². The second-order valence-corrected chi connectivity index (χ2v) is 6.04. The molecule has 2 rings (SSSR count). The van der Waals surface area contributed by atoms with E-state index in [1.165, 1.54) is 38.4 Å². The zero-order valence-electron chi connectivity index (χ0n) is 14.1. The second-order valence-electron chi connectivity index (χ2n) is 6.04. The summed E-state index contributed by atoms with van der Waals surface area (Å²) in [6, 6.07) is 3.32. The van der Waals surface area contributed by atoms with Gasteiger partial charge >= 0.3 is 0 Å². The van der Waals surface area contributed by atoms with Gasteiger partial charge in [-0.05, 0) is 50.7 Å². The molecule has 1 fully saturated rings. The number of nitrogens with one attached hydrogen (secondary N) is 1. The maximum Gasteiger partial charge on any atom is 0.286 e. The Balaban J connectivity index is 0.000000224. The van der Waals surface area contributed by atoms with Gasteiger partial charge in [-0.2, -0.15) is 0 Å². The van der Waals surface area contributed by atoms with Gasteiger partial charge in [0.1, 0.15) is 5.78 Å². The van der Waals surface area contributed by atoms with Crippen molar-refractivity contribution in [2.45, 2.75) is 59.3 Å². The Labute approximate surface area is 133 Å². The zero-order valence-corrected chi connectivity index (χ0v) is 14.1. The van der Waals surface area contributed by atoms with E-state index in [1.54, 1.807) is 19.1 Å². The van der Waals surface area contributed by atoms with Crippen LogP contribution in [0, 0.1) is 11.8 Å². The van der Waals surface area contributed by atoms with Crippen LogP contribution in [0.15, 0.2) is 22.8 Å². The first-order chi connectivity index (χ1) is 10.6. The summed E-state index contributed by atoms with van der Waals surface area (Å²) in [4.78, 5) is 21.8. The Kier molecular flexibility index (Phi) is 8.56. The lowest BCUT2D eigenvalue weighted by atomic mass is 9.79. The summed E-state index contributed by atoms with van der Waals surface area (Å²) in [6.45, 7) is 6.47. The Hall–Kier alpha value is -1.58. The molecule has 4 heteroatoms. The van der Waals surface area contributed by atoms with Gasteiger partial charge in [-0.3, -0.25) is 4.79 Å². The van der Waals surface area contributed by atoms with Crippen LogP contribution in [-0.4, -0.2) is 18.2 Å². The van der Waals surface area contributed by atoms with Crippen LogP contribution in [0.4, 0.5) is 0 Å². The molecule has 0 atom stereocenters. The first kappa shape index (κ1) is 18.5. The number of Topliss-reactive ketones (excluding diaryl/α,β-unsaturated/α-hetero) is 1. The fraction of sp³-hybridized carbons (Fsp3) is 0.667. The molecule has 0 bridgehead atoms. The van der Waals surface area contributed by atoms with Gasteiger partial charge in [0.05, 0.1) is 6.26 Å². The second kappa shape index (κ2) is 10.2. The molecule has 0 radical (unpaired) electrons. The molecule has 4 nitrogen and oxygen atoms in total. The molecule has 1 aliphatic carbocycles. The molecule has 124 valence electrons. The third kappa shape index (κ3) is 6.92. The van der Waals surface area contributed by atoms with Crippen LogP contribution in [0.2, 0.25) is 0 Å². The highest BCUT2D eigenvalue weighted by Crippen LogP contribution is 2.32. The topological polar surface area (TPSA) is 59.3 Å². The number of amides is 1. The van der Waals surface area contributed by atoms with Gasteiger partial charge in [0, 0.05) is 13.0 Å². The van der Waals surface area contributed by atoms with E-state index in [-0.39, 0.29) is 5.91 Å². The number of ketones is 1. The van der Waals surface area contributed by atoms with Crippen molar-refractivity contribution in [3.8, 4) is 0 Å². The highest BCUT2D eigenvalue weighted by atomic mass is 16.3. The third-order valence-corrected chi connectivity index (χ3v) is 4.20. The molecule has 1 heterocycles. The van der Waals surface area contributed by atoms with E-state index in [4.69, 9.17) is 4.42 Å². The molecule has 1 aromatic heterocycles. The van der Waals surface area contributed by atoms with E-state index < -0.39 is 0 Å². The van der Waals surface area contributed by atoms with Crippen LogP contribution < -0.4 is 5.32 Å². The standard InChI is InChI=1S/C11H20O.C7H9NO2/c1-3-10-4-6-11(7-5-10)8-9(2)12;1-2-8-7(9)6-4-3-5-10-6/h10-11H,3-8H2,1-2H3;3-5H,2H2,1H3,(H,8,9). The number of carbonyl (C=O) groups is 2. The predicted molar refractivity (Wildman–Crippen MR) is 87.8 cm³/mol. The van der Waals surface area contributed by atoms with Gasteiger partial charge < -0.3 is 14.5 Å². The smallest absolute Gasteiger partial charge is 0.286 e. The SMILES string of the molecule is CCC1CCC(CC(C)=O)CC1.CCNC(=O)c1ccco1. The maximum atomic E-state index is 10.9. The average Bonchev–Trinajstić information content (AvgIpc) is 3.03. The normalized spacial score (nSPS) is 20.7. The maximum absolute atomic E-state index is 10.9. The van der Waals surface area contributed by atoms with Gasteiger partial charge in [-0.25, -0.2) is 0 Å². The van der Waals surface area contributed by atoms with Crippen LogP contribution in [0.1, 0.15) is 69.9 Å². The van der Waals surface area contributed by atoms with E-state index in [2.05, 4.69) is 12.2 Å². The number of rotatable bonds is 5. The lowest BCUT2D eigenvalue weighted by molar-refractivity contribution is -0.118. The molecule has 0 saturated heterocycles. The molecular weight excluding hydrogens is 278 g/mol. The molecule has 1 amide bonds. The summed E-state index contributed by atoms with van der Waals surface area (Å²) < 4.78 is 4.84. The van der Waals surface area contributed by atoms with E-state index in [0.717, 1.165) is 12.3 Å². The highest BCUT2D eigenvalue weighted by Gasteiger charge is 2.20. The molecule has 0 unspecified atom stereocenters. The van der Waals surface area contributed by atoms with Crippen LogP contribution in [0.25, 0.3) is 0 Å². The van der Waals surface area contributed by atoms with E-state index in [0.29, 0.717) is 24.0 Å². The quantitative estimate of drug-likeness (QED) is 0.886. The minimum atomic E-state index is -0.160. The van der Waals surface area contributed by atoms with Crippen molar-refractivity contribution in [3.63, 3.8) is 0 Å². The lowest BCUT2D eigenvalue weighted by Gasteiger charge is -2.26. The molecule has 1 aliphatic rings. The van der Waals surface area contributed by atoms with E-state index in [1.807, 2.05) is 6.92 Å². The van der Waals surface area contributed by atoms with Crippen molar-refractivity contribution in [3.05, 3.63) is 24.2 Å². The van der Waals surface area contributed by atoms with Crippen molar-refractivity contribution in [1.29, 1.82) is 0 Å². The highest BCUT2D eigenvalue weighted by molar-refractivity contribution is 5.91. The number of furan rings is 1. The summed E-state index contributed by atoms with van der Waals surface area (Å²) in [6.07, 6.45) is 8.92. The monoisotopic (exact) mass is 307 g/mol. The Bertz CT molecular complexity index is 431. The summed E-state index contributed by atoms with van der Waals surface area (Å²) in [5.41, 5.74) is 0. The summed E-state index contributed by atoms with van der Waals surface area (Å²) in [7, 11) is 0.